The molecule has 0 bridgehead atoms. The highest BCUT2D eigenvalue weighted by Crippen LogP contribution is 2.14. The van der Waals surface area contributed by atoms with E-state index < -0.39 is 0 Å². The second-order valence-electron chi connectivity index (χ2n) is 7.48. The highest BCUT2D eigenvalue weighted by molar-refractivity contribution is 5.96. The summed E-state index contributed by atoms with van der Waals surface area (Å²) in [6, 6.07) is 13.7. The first-order chi connectivity index (χ1) is 15.5. The molecule has 2 aromatic rings. The van der Waals surface area contributed by atoms with E-state index >= 15 is 0 Å². The Morgan fingerprint density at radius 3 is 1.91 bits per heavy atom. The first-order valence-corrected chi connectivity index (χ1v) is 11.2. The van der Waals surface area contributed by atoms with Crippen molar-refractivity contribution < 1.29 is 19.1 Å². The molecule has 7 heteroatoms. The van der Waals surface area contributed by atoms with Crippen LogP contribution in [-0.2, 0) is 9.53 Å². The fourth-order valence-electron chi connectivity index (χ4n) is 3.12. The van der Waals surface area contributed by atoms with Gasteiger partial charge in [0.2, 0.25) is 5.91 Å². The monoisotopic (exact) mass is 439 g/mol. The van der Waals surface area contributed by atoms with Crippen LogP contribution in [0.15, 0.2) is 48.5 Å². The van der Waals surface area contributed by atoms with Gasteiger partial charge in [0.1, 0.15) is 0 Å². The van der Waals surface area contributed by atoms with Gasteiger partial charge in [-0.1, -0.05) is 20.8 Å². The zero-order valence-electron chi connectivity index (χ0n) is 19.1. The zero-order chi connectivity index (χ0) is 23.3. The average molecular weight is 440 g/mol. The van der Waals surface area contributed by atoms with Crippen LogP contribution in [0, 0.1) is 0 Å². The lowest BCUT2D eigenvalue weighted by molar-refractivity contribution is -0.114. The van der Waals surface area contributed by atoms with Crippen molar-refractivity contribution in [3.63, 3.8) is 0 Å². The second kappa shape index (κ2) is 13.1. The molecule has 7 nitrogen and oxygen atoms in total. The fraction of sp³-hybridized carbons (Fsp3) is 0.400. The molecule has 0 spiro atoms. The lowest BCUT2D eigenvalue weighted by Crippen LogP contribution is -2.32. The highest BCUT2D eigenvalue weighted by Gasteiger charge is 2.14. The van der Waals surface area contributed by atoms with Crippen LogP contribution in [0.2, 0.25) is 0 Å². The summed E-state index contributed by atoms with van der Waals surface area (Å²) in [5, 5.41) is 5.83. The summed E-state index contributed by atoms with van der Waals surface area (Å²) in [7, 11) is 0. The van der Waals surface area contributed by atoms with Gasteiger partial charge in [0.15, 0.2) is 0 Å². The number of benzene rings is 2. The van der Waals surface area contributed by atoms with E-state index in [4.69, 9.17) is 4.74 Å². The van der Waals surface area contributed by atoms with E-state index in [0.29, 0.717) is 23.4 Å². The van der Waals surface area contributed by atoms with Crippen molar-refractivity contribution in [1.29, 1.82) is 0 Å². The normalized spacial score (nSPS) is 10.3. The SMILES string of the molecule is CCCOC(=O)c1ccc(NCC(=O)Nc2ccc(C(=O)N(CCC)CCC)cc2)cc1. The van der Waals surface area contributed by atoms with Gasteiger partial charge in [-0.2, -0.15) is 0 Å². The molecular formula is C25H33N3O4. The van der Waals surface area contributed by atoms with E-state index in [1.165, 1.54) is 0 Å². The zero-order valence-corrected chi connectivity index (χ0v) is 19.1. The van der Waals surface area contributed by atoms with Crippen LogP contribution in [0.5, 0.6) is 0 Å². The third-order valence-corrected chi connectivity index (χ3v) is 4.70. The number of ether oxygens (including phenoxy) is 1. The number of nitrogens with one attached hydrogen (secondary N) is 2. The summed E-state index contributed by atoms with van der Waals surface area (Å²) >= 11 is 0. The van der Waals surface area contributed by atoms with E-state index in [-0.39, 0.29) is 24.3 Å². The minimum Gasteiger partial charge on any atom is -0.462 e. The van der Waals surface area contributed by atoms with Crippen molar-refractivity contribution in [3.8, 4) is 0 Å². The van der Waals surface area contributed by atoms with Crippen molar-refractivity contribution in [2.24, 2.45) is 0 Å². The molecule has 0 atom stereocenters. The number of carbonyl (C=O) groups is 3. The molecule has 0 aromatic heterocycles. The molecular weight excluding hydrogens is 406 g/mol. The van der Waals surface area contributed by atoms with Gasteiger partial charge in [-0.05, 0) is 67.8 Å². The largest absolute Gasteiger partial charge is 0.462 e. The van der Waals surface area contributed by atoms with E-state index in [1.807, 2.05) is 11.8 Å². The van der Waals surface area contributed by atoms with Crippen molar-refractivity contribution in [1.82, 2.24) is 4.90 Å². The minimum atomic E-state index is -0.356. The quantitative estimate of drug-likeness (QED) is 0.473. The van der Waals surface area contributed by atoms with Gasteiger partial charge >= 0.3 is 5.97 Å². The highest BCUT2D eigenvalue weighted by atomic mass is 16.5. The Morgan fingerprint density at radius 2 is 1.34 bits per heavy atom. The Hall–Kier alpha value is -3.35. The number of amides is 2. The molecule has 2 rings (SSSR count). The summed E-state index contributed by atoms with van der Waals surface area (Å²) in [6.07, 6.45) is 2.60. The number of esters is 1. The predicted molar refractivity (Wildman–Crippen MR) is 127 cm³/mol. The van der Waals surface area contributed by atoms with E-state index in [2.05, 4.69) is 24.5 Å². The maximum atomic E-state index is 12.6. The van der Waals surface area contributed by atoms with E-state index in [9.17, 15) is 14.4 Å². The number of hydrogen-bond donors (Lipinski definition) is 2. The Morgan fingerprint density at radius 1 is 0.781 bits per heavy atom. The molecule has 172 valence electrons. The number of rotatable bonds is 12. The molecule has 0 unspecified atom stereocenters. The van der Waals surface area contributed by atoms with Crippen LogP contribution in [0.1, 0.15) is 60.7 Å². The molecule has 0 radical (unpaired) electrons. The third kappa shape index (κ3) is 7.72. The molecule has 0 saturated carbocycles. The van der Waals surface area contributed by atoms with Crippen LogP contribution in [-0.4, -0.2) is 48.9 Å². The Kier molecular flexibility index (Phi) is 10.2. The van der Waals surface area contributed by atoms with E-state index in [0.717, 1.165) is 38.0 Å². The van der Waals surface area contributed by atoms with Crippen LogP contribution in [0.4, 0.5) is 11.4 Å². The van der Waals surface area contributed by atoms with Crippen LogP contribution < -0.4 is 10.6 Å². The summed E-state index contributed by atoms with van der Waals surface area (Å²) in [6.45, 7) is 7.98. The summed E-state index contributed by atoms with van der Waals surface area (Å²) in [5.74, 6) is -0.560. The number of carbonyl (C=O) groups excluding carboxylic acids is 3. The predicted octanol–water partition coefficient (Wildman–Crippen LogP) is 4.57. The van der Waals surface area contributed by atoms with Gasteiger partial charge in [0.25, 0.3) is 5.91 Å². The number of anilines is 2. The standard InChI is InChI=1S/C25H33N3O4/c1-4-15-28(16-5-2)24(30)19-7-13-22(14-8-19)27-23(29)18-26-21-11-9-20(10-12-21)25(31)32-17-6-3/h7-14,26H,4-6,15-18H2,1-3H3,(H,27,29). The maximum absolute atomic E-state index is 12.6. The topological polar surface area (TPSA) is 87.7 Å². The second-order valence-corrected chi connectivity index (χ2v) is 7.48. The Balaban J connectivity index is 1.85. The van der Waals surface area contributed by atoms with Crippen molar-refractivity contribution in [3.05, 3.63) is 59.7 Å². The van der Waals surface area contributed by atoms with Gasteiger partial charge in [-0.25, -0.2) is 4.79 Å². The maximum Gasteiger partial charge on any atom is 0.338 e. The smallest absolute Gasteiger partial charge is 0.338 e. The Bertz CT molecular complexity index is 873. The minimum absolute atomic E-state index is 0.00951. The fourth-order valence-corrected chi connectivity index (χ4v) is 3.12. The van der Waals surface area contributed by atoms with Gasteiger partial charge in [0.05, 0.1) is 18.7 Å². The van der Waals surface area contributed by atoms with Crippen LogP contribution >= 0.6 is 0 Å². The molecule has 32 heavy (non-hydrogen) atoms. The molecule has 2 aromatic carbocycles. The summed E-state index contributed by atoms with van der Waals surface area (Å²) in [5.41, 5.74) is 2.43. The molecule has 0 fully saturated rings. The lowest BCUT2D eigenvalue weighted by atomic mass is 10.1. The number of nitrogens with zero attached hydrogens (tertiary/aromatic N) is 1. The van der Waals surface area contributed by atoms with Crippen LogP contribution in [0.25, 0.3) is 0 Å². The first kappa shape index (κ1) is 24.9. The van der Waals surface area contributed by atoms with Crippen molar-refractivity contribution in [2.45, 2.75) is 40.0 Å². The first-order valence-electron chi connectivity index (χ1n) is 11.2. The van der Waals surface area contributed by atoms with Crippen molar-refractivity contribution >= 4 is 29.2 Å². The Labute approximate surface area is 190 Å². The van der Waals surface area contributed by atoms with Crippen LogP contribution in [0.3, 0.4) is 0 Å². The molecule has 2 amide bonds. The van der Waals surface area contributed by atoms with Gasteiger partial charge in [0, 0.05) is 30.0 Å². The van der Waals surface area contributed by atoms with Gasteiger partial charge < -0.3 is 20.3 Å². The summed E-state index contributed by atoms with van der Waals surface area (Å²) in [4.78, 5) is 38.6. The lowest BCUT2D eigenvalue weighted by Gasteiger charge is -2.21. The molecule has 0 aliphatic heterocycles. The average Bonchev–Trinajstić information content (AvgIpc) is 2.81. The third-order valence-electron chi connectivity index (χ3n) is 4.70. The molecule has 0 aliphatic carbocycles. The van der Waals surface area contributed by atoms with Gasteiger partial charge in [-0.3, -0.25) is 9.59 Å². The van der Waals surface area contributed by atoms with Crippen molar-refractivity contribution in [2.75, 3.05) is 36.9 Å². The van der Waals surface area contributed by atoms with E-state index in [1.54, 1.807) is 48.5 Å². The summed E-state index contributed by atoms with van der Waals surface area (Å²) < 4.78 is 5.09. The van der Waals surface area contributed by atoms with Gasteiger partial charge in [-0.15, -0.1) is 0 Å². The molecule has 0 heterocycles. The molecule has 0 aliphatic rings. The molecule has 0 saturated heterocycles. The number of hydrogen-bond acceptors (Lipinski definition) is 5. The molecule has 2 N–H and O–H groups in total.